The molecular weight excluding hydrogens is 340 g/mol. The maximum absolute atomic E-state index is 5.85. The van der Waals surface area contributed by atoms with Gasteiger partial charge in [-0.05, 0) is 62.2 Å². The summed E-state index contributed by atoms with van der Waals surface area (Å²) in [4.78, 5) is 2.35. The van der Waals surface area contributed by atoms with Gasteiger partial charge in [-0.1, -0.05) is 43.2 Å². The van der Waals surface area contributed by atoms with Crippen LogP contribution in [0.5, 0.6) is 5.75 Å². The van der Waals surface area contributed by atoms with Crippen LogP contribution >= 0.6 is 12.2 Å². The Bertz CT molecular complexity index is 768. The molecule has 2 aromatic carbocycles. The van der Waals surface area contributed by atoms with Crippen molar-refractivity contribution < 1.29 is 4.74 Å². The maximum atomic E-state index is 5.85. The van der Waals surface area contributed by atoms with Crippen molar-refractivity contribution in [1.82, 2.24) is 4.90 Å². The minimum atomic E-state index is 0.491. The van der Waals surface area contributed by atoms with Gasteiger partial charge < -0.3 is 15.0 Å². The molecule has 0 spiro atoms. The first-order valence-corrected chi connectivity index (χ1v) is 9.76. The fourth-order valence-electron chi connectivity index (χ4n) is 3.66. The second kappa shape index (κ2) is 8.54. The smallest absolute Gasteiger partial charge is 0.173 e. The van der Waals surface area contributed by atoms with Gasteiger partial charge in [0.05, 0.1) is 7.11 Å². The Labute approximate surface area is 162 Å². The predicted octanol–water partition coefficient (Wildman–Crippen LogP) is 5.45. The van der Waals surface area contributed by atoms with Crippen LogP contribution in [-0.4, -0.2) is 23.2 Å². The second-order valence-corrected chi connectivity index (χ2v) is 7.51. The quantitative estimate of drug-likeness (QED) is 0.709. The predicted molar refractivity (Wildman–Crippen MR) is 113 cm³/mol. The Kier molecular flexibility index (Phi) is 6.15. The van der Waals surface area contributed by atoms with Crippen molar-refractivity contribution in [3.8, 4) is 5.75 Å². The molecule has 1 N–H and O–H groups in total. The number of nitrogens with zero attached hydrogens (tertiary/aromatic N) is 1. The Morgan fingerprint density at radius 1 is 1.15 bits per heavy atom. The number of methoxy groups -OCH3 is 1. The van der Waals surface area contributed by atoms with E-state index in [0.29, 0.717) is 6.04 Å². The molecule has 1 aliphatic carbocycles. The highest BCUT2D eigenvalue weighted by molar-refractivity contribution is 7.80. The van der Waals surface area contributed by atoms with Crippen LogP contribution < -0.4 is 10.1 Å². The van der Waals surface area contributed by atoms with Gasteiger partial charge in [-0.2, -0.15) is 0 Å². The van der Waals surface area contributed by atoms with Crippen molar-refractivity contribution in [2.24, 2.45) is 0 Å². The van der Waals surface area contributed by atoms with Gasteiger partial charge in [0, 0.05) is 23.8 Å². The van der Waals surface area contributed by atoms with Crippen LogP contribution in [-0.2, 0) is 6.54 Å². The molecule has 0 bridgehead atoms. The molecule has 3 nitrogen and oxygen atoms in total. The van der Waals surface area contributed by atoms with Crippen LogP contribution in [0.15, 0.2) is 42.5 Å². The molecular formula is C22H28N2OS. The number of anilines is 1. The summed E-state index contributed by atoms with van der Waals surface area (Å²) in [5.41, 5.74) is 4.71. The molecule has 138 valence electrons. The Morgan fingerprint density at radius 3 is 2.62 bits per heavy atom. The van der Waals surface area contributed by atoms with Crippen LogP contribution in [0.3, 0.4) is 0 Å². The molecule has 0 aromatic heterocycles. The third kappa shape index (κ3) is 4.36. The number of benzene rings is 2. The minimum absolute atomic E-state index is 0.491. The SMILES string of the molecule is COc1ccccc1CN(C(=S)Nc1cc(C)ccc1C)C1CCCC1. The molecule has 26 heavy (non-hydrogen) atoms. The lowest BCUT2D eigenvalue weighted by atomic mass is 10.1. The summed E-state index contributed by atoms with van der Waals surface area (Å²) >= 11 is 5.85. The van der Waals surface area contributed by atoms with Crippen LogP contribution in [0.4, 0.5) is 5.69 Å². The standard InChI is InChI=1S/C22H28N2OS/c1-16-12-13-17(2)20(14-16)23-22(26)24(19-9-5-6-10-19)15-18-8-4-7-11-21(18)25-3/h4,7-8,11-14,19H,5-6,9-10,15H2,1-3H3,(H,23,26). The zero-order chi connectivity index (χ0) is 18.5. The lowest BCUT2D eigenvalue weighted by molar-refractivity contribution is 0.305. The van der Waals surface area contributed by atoms with E-state index in [1.54, 1.807) is 7.11 Å². The van der Waals surface area contributed by atoms with Crippen molar-refractivity contribution in [2.75, 3.05) is 12.4 Å². The van der Waals surface area contributed by atoms with E-state index in [1.807, 2.05) is 12.1 Å². The first-order chi connectivity index (χ1) is 12.6. The second-order valence-electron chi connectivity index (χ2n) is 7.13. The largest absolute Gasteiger partial charge is 0.496 e. The molecule has 1 aliphatic rings. The first-order valence-electron chi connectivity index (χ1n) is 9.35. The van der Waals surface area contributed by atoms with Gasteiger partial charge in [-0.25, -0.2) is 0 Å². The summed E-state index contributed by atoms with van der Waals surface area (Å²) in [6, 6.07) is 15.1. The number of ether oxygens (including phenoxy) is 1. The number of nitrogens with one attached hydrogen (secondary N) is 1. The highest BCUT2D eigenvalue weighted by Crippen LogP contribution is 2.28. The molecule has 0 atom stereocenters. The van der Waals surface area contributed by atoms with Crippen molar-refractivity contribution in [3.63, 3.8) is 0 Å². The average Bonchev–Trinajstić information content (AvgIpc) is 3.17. The van der Waals surface area contributed by atoms with Crippen LogP contribution in [0.1, 0.15) is 42.4 Å². The maximum Gasteiger partial charge on any atom is 0.173 e. The number of para-hydroxylation sites is 1. The number of thiocarbonyl (C=S) groups is 1. The zero-order valence-electron chi connectivity index (χ0n) is 15.9. The van der Waals surface area contributed by atoms with E-state index >= 15 is 0 Å². The molecule has 4 heteroatoms. The third-order valence-corrected chi connectivity index (χ3v) is 5.53. The average molecular weight is 369 g/mol. The monoisotopic (exact) mass is 368 g/mol. The molecule has 0 radical (unpaired) electrons. The van der Waals surface area contributed by atoms with E-state index in [0.717, 1.165) is 23.1 Å². The van der Waals surface area contributed by atoms with E-state index in [4.69, 9.17) is 17.0 Å². The van der Waals surface area contributed by atoms with Crippen molar-refractivity contribution >= 4 is 23.0 Å². The number of hydrogen-bond acceptors (Lipinski definition) is 2. The highest BCUT2D eigenvalue weighted by Gasteiger charge is 2.25. The number of aryl methyl sites for hydroxylation is 2. The Hall–Kier alpha value is -2.07. The van der Waals surface area contributed by atoms with E-state index in [2.05, 4.69) is 54.4 Å². The lowest BCUT2D eigenvalue weighted by Crippen LogP contribution is -2.41. The molecule has 1 saturated carbocycles. The summed E-state index contributed by atoms with van der Waals surface area (Å²) < 4.78 is 5.55. The third-order valence-electron chi connectivity index (χ3n) is 5.19. The topological polar surface area (TPSA) is 24.5 Å². The normalized spacial score (nSPS) is 14.3. The van der Waals surface area contributed by atoms with Crippen molar-refractivity contribution in [2.45, 2.75) is 52.1 Å². The zero-order valence-corrected chi connectivity index (χ0v) is 16.7. The minimum Gasteiger partial charge on any atom is -0.496 e. The fraction of sp³-hybridized carbons (Fsp3) is 0.409. The van der Waals surface area contributed by atoms with Crippen LogP contribution in [0.25, 0.3) is 0 Å². The summed E-state index contributed by atoms with van der Waals surface area (Å²) in [6.07, 6.45) is 4.95. The summed E-state index contributed by atoms with van der Waals surface area (Å²) in [5, 5.41) is 4.30. The lowest BCUT2D eigenvalue weighted by Gasteiger charge is -2.32. The number of rotatable bonds is 5. The van der Waals surface area contributed by atoms with Gasteiger partial charge in [0.15, 0.2) is 5.11 Å². The molecule has 0 heterocycles. The summed E-state index contributed by atoms with van der Waals surface area (Å²) in [5.74, 6) is 0.921. The molecule has 0 aliphatic heterocycles. The van der Waals surface area contributed by atoms with Gasteiger partial charge >= 0.3 is 0 Å². The molecule has 3 rings (SSSR count). The van der Waals surface area contributed by atoms with E-state index in [9.17, 15) is 0 Å². The molecule has 0 amide bonds. The molecule has 2 aromatic rings. The van der Waals surface area contributed by atoms with Gasteiger partial charge in [0.25, 0.3) is 0 Å². The molecule has 0 unspecified atom stereocenters. The van der Waals surface area contributed by atoms with E-state index in [-0.39, 0.29) is 0 Å². The first kappa shape index (κ1) is 18.7. The molecule has 0 saturated heterocycles. The van der Waals surface area contributed by atoms with E-state index in [1.165, 1.54) is 42.4 Å². The van der Waals surface area contributed by atoms with Gasteiger partial charge in [0.2, 0.25) is 0 Å². The number of hydrogen-bond donors (Lipinski definition) is 1. The van der Waals surface area contributed by atoms with E-state index < -0.39 is 0 Å². The van der Waals surface area contributed by atoms with Gasteiger partial charge in [0.1, 0.15) is 5.75 Å². The van der Waals surface area contributed by atoms with Crippen LogP contribution in [0.2, 0.25) is 0 Å². The van der Waals surface area contributed by atoms with Crippen molar-refractivity contribution in [1.29, 1.82) is 0 Å². The summed E-state index contributed by atoms with van der Waals surface area (Å²) in [6.45, 7) is 4.99. The Balaban J connectivity index is 1.83. The van der Waals surface area contributed by atoms with Gasteiger partial charge in [-0.3, -0.25) is 0 Å². The van der Waals surface area contributed by atoms with Crippen LogP contribution in [0, 0.1) is 13.8 Å². The fourth-order valence-corrected chi connectivity index (χ4v) is 3.98. The van der Waals surface area contributed by atoms with Gasteiger partial charge in [-0.15, -0.1) is 0 Å². The van der Waals surface area contributed by atoms with Crippen molar-refractivity contribution in [3.05, 3.63) is 59.2 Å². The molecule has 1 fully saturated rings. The highest BCUT2D eigenvalue weighted by atomic mass is 32.1. The Morgan fingerprint density at radius 2 is 1.88 bits per heavy atom. The summed E-state index contributed by atoms with van der Waals surface area (Å²) in [7, 11) is 1.73.